The molecule has 0 unspecified atom stereocenters. The Hall–Kier alpha value is -2.28. The molecule has 0 saturated carbocycles. The molecule has 0 aromatic heterocycles. The van der Waals surface area contributed by atoms with Crippen molar-refractivity contribution < 1.29 is 14.6 Å². The predicted molar refractivity (Wildman–Crippen MR) is 118 cm³/mol. The first-order chi connectivity index (χ1) is 13.5. The minimum atomic E-state index is 0.241. The van der Waals surface area contributed by atoms with Crippen LogP contribution in [0, 0.1) is 0 Å². The molecular formula is C20H22Cl2N3O2S+. The van der Waals surface area contributed by atoms with Crippen LogP contribution in [-0.4, -0.2) is 24.5 Å². The Morgan fingerprint density at radius 2 is 1.93 bits per heavy atom. The average Bonchev–Trinajstić information content (AvgIpc) is 2.67. The molecule has 2 rings (SSSR count). The number of halogens is 2. The van der Waals surface area contributed by atoms with Gasteiger partial charge >= 0.3 is 0 Å². The molecule has 0 bridgehead atoms. The lowest BCUT2D eigenvalue weighted by molar-refractivity contribution is -0.500. The molecule has 3 N–H and O–H groups in total. The fourth-order valence-corrected chi connectivity index (χ4v) is 2.86. The molecule has 0 heterocycles. The summed E-state index contributed by atoms with van der Waals surface area (Å²) in [4.78, 5) is 0. The quantitative estimate of drug-likeness (QED) is 0.243. The molecule has 0 saturated heterocycles. The van der Waals surface area contributed by atoms with Crippen LogP contribution in [0.3, 0.4) is 0 Å². The molecule has 28 heavy (non-hydrogen) atoms. The standard InChI is InChI=1S/C20H21Cl2N3O2S/c1-3-10-23-20(28)25-24-12-14-8-9-18(19(11-14)26-4-2)27-13-15-16(21)6-5-7-17(15)22/h3,5-9,11-12H,1,4,10,13H2,2H3,(H2,23,25,28)/p+1. The molecule has 0 aliphatic heterocycles. The van der Waals surface area contributed by atoms with E-state index in [0.29, 0.717) is 39.8 Å². The van der Waals surface area contributed by atoms with Gasteiger partial charge in [0, 0.05) is 27.7 Å². The lowest BCUT2D eigenvalue weighted by atomic mass is 10.2. The highest BCUT2D eigenvalue weighted by Gasteiger charge is 2.11. The second kappa shape index (κ2) is 11.5. The van der Waals surface area contributed by atoms with Crippen molar-refractivity contribution in [3.8, 4) is 11.5 Å². The van der Waals surface area contributed by atoms with Crippen molar-refractivity contribution >= 4 is 46.7 Å². The van der Waals surface area contributed by atoms with E-state index in [-0.39, 0.29) is 6.61 Å². The smallest absolute Gasteiger partial charge is 0.224 e. The Morgan fingerprint density at radius 1 is 1.18 bits per heavy atom. The van der Waals surface area contributed by atoms with Crippen molar-refractivity contribution in [1.82, 2.24) is 10.7 Å². The monoisotopic (exact) mass is 438 g/mol. The van der Waals surface area contributed by atoms with Crippen LogP contribution in [0.1, 0.15) is 18.1 Å². The number of nitrogens with one attached hydrogen (secondary N) is 3. The molecule has 2 aromatic rings. The number of benzene rings is 2. The lowest BCUT2D eigenvalue weighted by Crippen LogP contribution is -2.82. The van der Waals surface area contributed by atoms with Gasteiger partial charge in [-0.25, -0.2) is 0 Å². The summed E-state index contributed by atoms with van der Waals surface area (Å²) < 4.78 is 11.6. The van der Waals surface area contributed by atoms with Gasteiger partial charge in [-0.1, -0.05) is 35.3 Å². The van der Waals surface area contributed by atoms with E-state index in [2.05, 4.69) is 22.4 Å². The van der Waals surface area contributed by atoms with Crippen molar-refractivity contribution in [2.75, 3.05) is 13.2 Å². The summed E-state index contributed by atoms with van der Waals surface area (Å²) in [5, 5.41) is 7.48. The van der Waals surface area contributed by atoms with Crippen molar-refractivity contribution in [3.63, 3.8) is 0 Å². The summed E-state index contributed by atoms with van der Waals surface area (Å²) in [6, 6.07) is 10.9. The predicted octanol–water partition coefficient (Wildman–Crippen LogP) is 3.04. The van der Waals surface area contributed by atoms with Crippen LogP contribution in [0.15, 0.2) is 49.1 Å². The topological polar surface area (TPSA) is 56.5 Å². The van der Waals surface area contributed by atoms with Gasteiger partial charge in [0.05, 0.1) is 6.61 Å². The first-order valence-corrected chi connectivity index (χ1v) is 9.77. The number of ether oxygens (including phenoxy) is 2. The second-order valence-electron chi connectivity index (χ2n) is 5.54. The van der Waals surface area contributed by atoms with Gasteiger partial charge in [0.2, 0.25) is 5.11 Å². The van der Waals surface area contributed by atoms with E-state index < -0.39 is 0 Å². The van der Waals surface area contributed by atoms with Gasteiger partial charge in [-0.05, 0) is 49.5 Å². The summed E-state index contributed by atoms with van der Waals surface area (Å²) in [6.07, 6.45) is 3.49. The van der Waals surface area contributed by atoms with Crippen LogP contribution in [0.4, 0.5) is 0 Å². The zero-order chi connectivity index (χ0) is 20.4. The molecule has 0 atom stereocenters. The largest absolute Gasteiger partial charge is 0.490 e. The SMILES string of the molecule is C=CCNC(=S)N[NH+]=Cc1ccc(OCc2c(Cl)cccc2Cl)c(OCC)c1. The Kier molecular flexibility index (Phi) is 9.07. The van der Waals surface area contributed by atoms with Crippen LogP contribution in [0.2, 0.25) is 10.0 Å². The average molecular weight is 439 g/mol. The number of hydrogen-bond donors (Lipinski definition) is 3. The summed E-state index contributed by atoms with van der Waals surface area (Å²) in [5.41, 5.74) is 4.47. The van der Waals surface area contributed by atoms with Crippen molar-refractivity contribution in [3.05, 3.63) is 70.2 Å². The van der Waals surface area contributed by atoms with Gasteiger partial charge in [-0.2, -0.15) is 0 Å². The summed E-state index contributed by atoms with van der Waals surface area (Å²) in [7, 11) is 0. The Bertz CT molecular complexity index is 839. The number of hydrazine groups is 1. The molecule has 2 aromatic carbocycles. The van der Waals surface area contributed by atoms with Gasteiger partial charge < -0.3 is 14.8 Å². The molecule has 0 radical (unpaired) electrons. The first kappa shape index (κ1) is 22.0. The summed E-state index contributed by atoms with van der Waals surface area (Å²) in [6.45, 7) is 6.87. The second-order valence-corrected chi connectivity index (χ2v) is 6.76. The third-order valence-electron chi connectivity index (χ3n) is 3.53. The number of hydrogen-bond acceptors (Lipinski definition) is 3. The third-order valence-corrected chi connectivity index (χ3v) is 4.49. The molecule has 0 spiro atoms. The number of thiocarbonyl (C=S) groups is 1. The van der Waals surface area contributed by atoms with Gasteiger partial charge in [-0.15, -0.1) is 17.1 Å². The van der Waals surface area contributed by atoms with Crippen molar-refractivity contribution in [2.24, 2.45) is 0 Å². The van der Waals surface area contributed by atoms with E-state index in [9.17, 15) is 0 Å². The van der Waals surface area contributed by atoms with E-state index in [1.807, 2.05) is 25.1 Å². The maximum absolute atomic E-state index is 6.20. The van der Waals surface area contributed by atoms with Crippen LogP contribution in [-0.2, 0) is 6.61 Å². The molecule has 0 fully saturated rings. The molecular weight excluding hydrogens is 417 g/mol. The Labute approximate surface area is 180 Å². The zero-order valence-electron chi connectivity index (χ0n) is 15.4. The van der Waals surface area contributed by atoms with Crippen molar-refractivity contribution in [2.45, 2.75) is 13.5 Å². The Morgan fingerprint density at radius 3 is 2.61 bits per heavy atom. The van der Waals surface area contributed by atoms with E-state index in [1.165, 1.54) is 0 Å². The minimum Gasteiger partial charge on any atom is -0.490 e. The highest BCUT2D eigenvalue weighted by molar-refractivity contribution is 7.80. The van der Waals surface area contributed by atoms with Crippen LogP contribution in [0.25, 0.3) is 0 Å². The van der Waals surface area contributed by atoms with Gasteiger partial charge in [0.1, 0.15) is 6.61 Å². The maximum atomic E-state index is 6.20. The fourth-order valence-electron chi connectivity index (χ4n) is 2.22. The van der Waals surface area contributed by atoms with E-state index in [0.717, 1.165) is 11.1 Å². The third kappa shape index (κ3) is 6.71. The summed E-state index contributed by atoms with van der Waals surface area (Å²) in [5.74, 6) is 1.22. The highest BCUT2D eigenvalue weighted by Crippen LogP contribution is 2.31. The molecule has 5 nitrogen and oxygen atoms in total. The van der Waals surface area contributed by atoms with Crippen molar-refractivity contribution in [1.29, 1.82) is 0 Å². The van der Waals surface area contributed by atoms with Gasteiger partial charge in [-0.3, -0.25) is 0 Å². The lowest BCUT2D eigenvalue weighted by Gasteiger charge is -2.13. The number of rotatable bonds is 9. The van der Waals surface area contributed by atoms with Crippen LogP contribution >= 0.6 is 35.4 Å². The minimum absolute atomic E-state index is 0.241. The highest BCUT2D eigenvalue weighted by atomic mass is 35.5. The van der Waals surface area contributed by atoms with Gasteiger partial charge in [0.15, 0.2) is 17.7 Å². The molecule has 0 aliphatic carbocycles. The molecule has 8 heteroatoms. The van der Waals surface area contributed by atoms with Crippen LogP contribution in [0.5, 0.6) is 11.5 Å². The van der Waals surface area contributed by atoms with Crippen LogP contribution < -0.4 is 25.3 Å². The first-order valence-electron chi connectivity index (χ1n) is 8.61. The molecule has 0 aliphatic rings. The Balaban J connectivity index is 2.07. The van der Waals surface area contributed by atoms with E-state index in [4.69, 9.17) is 44.9 Å². The summed E-state index contributed by atoms with van der Waals surface area (Å²) >= 11 is 17.5. The fraction of sp³-hybridized carbons (Fsp3) is 0.200. The molecule has 0 amide bonds. The normalized spacial score (nSPS) is 10.5. The van der Waals surface area contributed by atoms with Gasteiger partial charge in [0.25, 0.3) is 0 Å². The number of hydrazone groups is 1. The van der Waals surface area contributed by atoms with E-state index >= 15 is 0 Å². The zero-order valence-corrected chi connectivity index (χ0v) is 17.8. The van der Waals surface area contributed by atoms with E-state index in [1.54, 1.807) is 30.5 Å². The molecule has 148 valence electrons. The maximum Gasteiger partial charge on any atom is 0.224 e.